The predicted octanol–water partition coefficient (Wildman–Crippen LogP) is 5.14. The molecule has 0 radical (unpaired) electrons. The number of hydrogen-bond donors (Lipinski definition) is 1. The Kier molecular flexibility index (Phi) is 6.63. The summed E-state index contributed by atoms with van der Waals surface area (Å²) >= 11 is 11.8. The molecule has 3 aromatic rings. The van der Waals surface area contributed by atoms with E-state index in [1.54, 1.807) is 13.3 Å². The average molecular weight is 398 g/mol. The van der Waals surface area contributed by atoms with Gasteiger partial charge in [0, 0.05) is 42.3 Å². The standard InChI is InChI=1S/C21H20ClN3OS/c1-26-20-9-3-8-19(12-20)24-21(27)25(15-17-6-4-10-23-13-17)14-16-5-2-7-18(22)11-16/h2-13H,14-15H2,1H3,(H,24,27). The summed E-state index contributed by atoms with van der Waals surface area (Å²) in [6.45, 7) is 1.27. The minimum absolute atomic E-state index is 0.618. The molecule has 6 heteroatoms. The Morgan fingerprint density at radius 3 is 2.59 bits per heavy atom. The number of rotatable bonds is 6. The molecule has 0 unspecified atom stereocenters. The summed E-state index contributed by atoms with van der Waals surface area (Å²) in [6, 6.07) is 19.4. The lowest BCUT2D eigenvalue weighted by molar-refractivity contribution is 0.411. The van der Waals surface area contributed by atoms with Crippen LogP contribution in [0, 0.1) is 0 Å². The number of benzene rings is 2. The van der Waals surface area contributed by atoms with Gasteiger partial charge in [0.15, 0.2) is 5.11 Å². The SMILES string of the molecule is COc1cccc(NC(=S)N(Cc2cccnc2)Cc2cccc(Cl)c2)c1. The summed E-state index contributed by atoms with van der Waals surface area (Å²) in [5, 5.41) is 4.62. The molecule has 0 aliphatic heterocycles. The highest BCUT2D eigenvalue weighted by atomic mass is 35.5. The van der Waals surface area contributed by atoms with E-state index in [0.29, 0.717) is 23.2 Å². The fourth-order valence-corrected chi connectivity index (χ4v) is 3.13. The molecular weight excluding hydrogens is 378 g/mol. The molecule has 1 heterocycles. The number of nitrogens with one attached hydrogen (secondary N) is 1. The molecule has 2 aromatic carbocycles. The Bertz CT molecular complexity index is 905. The van der Waals surface area contributed by atoms with Crippen LogP contribution in [0.15, 0.2) is 73.1 Å². The lowest BCUT2D eigenvalue weighted by atomic mass is 10.2. The second kappa shape index (κ2) is 9.35. The van der Waals surface area contributed by atoms with Crippen LogP contribution in [0.3, 0.4) is 0 Å². The van der Waals surface area contributed by atoms with E-state index in [0.717, 1.165) is 22.6 Å². The fourth-order valence-electron chi connectivity index (χ4n) is 2.67. The van der Waals surface area contributed by atoms with Gasteiger partial charge in [0.05, 0.1) is 7.11 Å². The Morgan fingerprint density at radius 1 is 1.07 bits per heavy atom. The highest BCUT2D eigenvalue weighted by Crippen LogP contribution is 2.19. The predicted molar refractivity (Wildman–Crippen MR) is 114 cm³/mol. The number of thiocarbonyl (C=S) groups is 1. The molecule has 1 N–H and O–H groups in total. The molecule has 3 rings (SSSR count). The van der Waals surface area contributed by atoms with Crippen LogP contribution >= 0.6 is 23.8 Å². The number of nitrogens with zero attached hydrogens (tertiary/aromatic N) is 2. The van der Waals surface area contributed by atoms with Gasteiger partial charge >= 0.3 is 0 Å². The third-order valence-corrected chi connectivity index (χ3v) is 4.56. The molecule has 0 spiro atoms. The van der Waals surface area contributed by atoms with Crippen molar-refractivity contribution < 1.29 is 4.74 Å². The molecule has 0 saturated heterocycles. The maximum atomic E-state index is 6.14. The van der Waals surface area contributed by atoms with Crippen LogP contribution in [0.25, 0.3) is 0 Å². The Labute approximate surface area is 169 Å². The first-order valence-corrected chi connectivity index (χ1v) is 9.26. The molecule has 4 nitrogen and oxygen atoms in total. The number of ether oxygens (including phenoxy) is 1. The average Bonchev–Trinajstić information content (AvgIpc) is 2.68. The maximum absolute atomic E-state index is 6.14. The van der Waals surface area contributed by atoms with E-state index < -0.39 is 0 Å². The molecule has 138 valence electrons. The van der Waals surface area contributed by atoms with Crippen molar-refractivity contribution in [1.82, 2.24) is 9.88 Å². The van der Waals surface area contributed by atoms with Gasteiger partial charge in [0.1, 0.15) is 5.75 Å². The van der Waals surface area contributed by atoms with Crippen molar-refractivity contribution in [1.29, 1.82) is 0 Å². The van der Waals surface area contributed by atoms with E-state index in [2.05, 4.69) is 15.2 Å². The summed E-state index contributed by atoms with van der Waals surface area (Å²) in [5.41, 5.74) is 3.04. The van der Waals surface area contributed by atoms with Gasteiger partial charge in [-0.1, -0.05) is 35.9 Å². The lowest BCUT2D eigenvalue weighted by Crippen LogP contribution is -2.33. The third kappa shape index (κ3) is 5.67. The van der Waals surface area contributed by atoms with E-state index in [1.807, 2.05) is 66.9 Å². The first-order chi connectivity index (χ1) is 13.1. The van der Waals surface area contributed by atoms with Crippen molar-refractivity contribution in [3.05, 3.63) is 89.2 Å². The molecule has 27 heavy (non-hydrogen) atoms. The van der Waals surface area contributed by atoms with Gasteiger partial charge in [-0.2, -0.15) is 0 Å². The number of methoxy groups -OCH3 is 1. The zero-order valence-electron chi connectivity index (χ0n) is 14.9. The number of hydrogen-bond acceptors (Lipinski definition) is 3. The molecular formula is C21H20ClN3OS. The second-order valence-electron chi connectivity index (χ2n) is 6.01. The van der Waals surface area contributed by atoms with E-state index in [9.17, 15) is 0 Å². The first-order valence-electron chi connectivity index (χ1n) is 8.47. The largest absolute Gasteiger partial charge is 0.497 e. The van der Waals surface area contributed by atoms with Crippen LogP contribution < -0.4 is 10.1 Å². The molecule has 0 aliphatic rings. The van der Waals surface area contributed by atoms with Crippen molar-refractivity contribution in [3.63, 3.8) is 0 Å². The van der Waals surface area contributed by atoms with Crippen molar-refractivity contribution in [2.45, 2.75) is 13.1 Å². The molecule has 1 aromatic heterocycles. The van der Waals surface area contributed by atoms with Crippen LogP contribution in [0.1, 0.15) is 11.1 Å². The Hall–Kier alpha value is -2.63. The van der Waals surface area contributed by atoms with Gasteiger partial charge in [-0.25, -0.2) is 0 Å². The van der Waals surface area contributed by atoms with Gasteiger partial charge < -0.3 is 15.0 Å². The van der Waals surface area contributed by atoms with E-state index >= 15 is 0 Å². The third-order valence-electron chi connectivity index (χ3n) is 3.97. The molecule has 0 amide bonds. The maximum Gasteiger partial charge on any atom is 0.174 e. The Balaban J connectivity index is 1.80. The number of halogens is 1. The van der Waals surface area contributed by atoms with Crippen LogP contribution in [0.2, 0.25) is 5.02 Å². The summed E-state index contributed by atoms with van der Waals surface area (Å²) in [4.78, 5) is 6.28. The second-order valence-corrected chi connectivity index (χ2v) is 6.83. The van der Waals surface area contributed by atoms with Crippen molar-refractivity contribution in [2.75, 3.05) is 12.4 Å². The van der Waals surface area contributed by atoms with Crippen LogP contribution in [0.4, 0.5) is 5.69 Å². The number of pyridine rings is 1. The summed E-state index contributed by atoms with van der Waals surface area (Å²) in [7, 11) is 1.64. The van der Waals surface area contributed by atoms with Gasteiger partial charge in [0.2, 0.25) is 0 Å². The van der Waals surface area contributed by atoms with Crippen LogP contribution in [0.5, 0.6) is 5.75 Å². The number of anilines is 1. The lowest BCUT2D eigenvalue weighted by Gasteiger charge is -2.26. The monoisotopic (exact) mass is 397 g/mol. The highest BCUT2D eigenvalue weighted by molar-refractivity contribution is 7.80. The van der Waals surface area contributed by atoms with E-state index in [-0.39, 0.29) is 0 Å². The normalized spacial score (nSPS) is 10.3. The Morgan fingerprint density at radius 2 is 1.85 bits per heavy atom. The number of aromatic nitrogens is 1. The van der Waals surface area contributed by atoms with E-state index in [4.69, 9.17) is 28.6 Å². The van der Waals surface area contributed by atoms with Crippen molar-refractivity contribution >= 4 is 34.6 Å². The zero-order chi connectivity index (χ0) is 19.1. The molecule has 0 aliphatic carbocycles. The zero-order valence-corrected chi connectivity index (χ0v) is 16.5. The van der Waals surface area contributed by atoms with Crippen molar-refractivity contribution in [3.8, 4) is 5.75 Å². The van der Waals surface area contributed by atoms with Crippen molar-refractivity contribution in [2.24, 2.45) is 0 Å². The summed E-state index contributed by atoms with van der Waals surface area (Å²) in [6.07, 6.45) is 3.61. The molecule has 0 bridgehead atoms. The van der Waals surface area contributed by atoms with Gasteiger partial charge in [-0.3, -0.25) is 4.98 Å². The quantitative estimate of drug-likeness (QED) is 0.582. The highest BCUT2D eigenvalue weighted by Gasteiger charge is 2.12. The fraction of sp³-hybridized carbons (Fsp3) is 0.143. The minimum atomic E-state index is 0.618. The van der Waals surface area contributed by atoms with Gasteiger partial charge in [0.25, 0.3) is 0 Å². The smallest absolute Gasteiger partial charge is 0.174 e. The van der Waals surface area contributed by atoms with Crippen LogP contribution in [-0.2, 0) is 13.1 Å². The minimum Gasteiger partial charge on any atom is -0.497 e. The topological polar surface area (TPSA) is 37.4 Å². The van der Waals surface area contributed by atoms with Crippen LogP contribution in [-0.4, -0.2) is 22.1 Å². The summed E-state index contributed by atoms with van der Waals surface area (Å²) < 4.78 is 5.28. The first kappa shape index (κ1) is 19.1. The molecule has 0 saturated carbocycles. The van der Waals surface area contributed by atoms with E-state index in [1.165, 1.54) is 0 Å². The molecule has 0 fully saturated rings. The van der Waals surface area contributed by atoms with Gasteiger partial charge in [-0.05, 0) is 53.7 Å². The van der Waals surface area contributed by atoms with Gasteiger partial charge in [-0.15, -0.1) is 0 Å². The molecule has 0 atom stereocenters. The summed E-state index contributed by atoms with van der Waals surface area (Å²) in [5.74, 6) is 0.774.